The van der Waals surface area contributed by atoms with Crippen LogP contribution in [0.25, 0.3) is 11.0 Å². The third kappa shape index (κ3) is 5.49. The second kappa shape index (κ2) is 8.43. The van der Waals surface area contributed by atoms with E-state index in [2.05, 4.69) is 9.97 Å². The van der Waals surface area contributed by atoms with Crippen molar-refractivity contribution in [2.24, 2.45) is 0 Å². The Kier molecular flexibility index (Phi) is 6.15. The van der Waals surface area contributed by atoms with E-state index in [9.17, 15) is 9.59 Å². The Bertz CT molecular complexity index is 874. The van der Waals surface area contributed by atoms with Crippen molar-refractivity contribution in [2.75, 3.05) is 13.1 Å². The number of rotatable bonds is 4. The molecule has 2 aromatic rings. The van der Waals surface area contributed by atoms with Crippen molar-refractivity contribution in [3.05, 3.63) is 29.6 Å². The number of carbonyl (C=O) groups excluding carboxylic acids is 2. The van der Waals surface area contributed by atoms with E-state index in [-0.39, 0.29) is 24.6 Å². The topological polar surface area (TPSA) is 84.5 Å². The van der Waals surface area contributed by atoms with Crippen LogP contribution in [0.15, 0.2) is 18.5 Å². The summed E-state index contributed by atoms with van der Waals surface area (Å²) in [6, 6.07) is 2.02. The predicted octanol–water partition coefficient (Wildman–Crippen LogP) is 4.17. The monoisotopic (exact) mass is 401 g/mol. The summed E-state index contributed by atoms with van der Waals surface area (Å²) in [4.78, 5) is 33.7. The fraction of sp³-hybridized carbons (Fsp3) is 0.591. The zero-order chi connectivity index (χ0) is 21.2. The molecule has 0 bridgehead atoms. The zero-order valence-corrected chi connectivity index (χ0v) is 17.9. The number of hydrogen-bond donors (Lipinski definition) is 1. The smallest absolute Gasteiger partial charge is 0.410 e. The van der Waals surface area contributed by atoms with Gasteiger partial charge in [-0.1, -0.05) is 0 Å². The molecule has 1 fully saturated rings. The first-order valence-electron chi connectivity index (χ1n) is 10.3. The number of carbonyl (C=O) groups is 2. The first-order chi connectivity index (χ1) is 13.6. The molecule has 3 heterocycles. The maximum Gasteiger partial charge on any atom is 0.410 e. The summed E-state index contributed by atoms with van der Waals surface area (Å²) < 4.78 is 10.7. The van der Waals surface area contributed by atoms with Crippen LogP contribution in [0, 0.1) is 0 Å². The number of aromatic nitrogens is 2. The number of amides is 1. The first-order valence-corrected chi connectivity index (χ1v) is 10.3. The van der Waals surface area contributed by atoms with Crippen molar-refractivity contribution in [1.82, 2.24) is 14.9 Å². The fourth-order valence-electron chi connectivity index (χ4n) is 3.67. The number of hydrogen-bond acceptors (Lipinski definition) is 5. The van der Waals surface area contributed by atoms with E-state index in [0.29, 0.717) is 19.0 Å². The van der Waals surface area contributed by atoms with E-state index in [1.807, 2.05) is 46.9 Å². The van der Waals surface area contributed by atoms with Crippen molar-refractivity contribution in [1.29, 1.82) is 0 Å². The second-order valence-electron chi connectivity index (χ2n) is 8.94. The van der Waals surface area contributed by atoms with Crippen molar-refractivity contribution < 1.29 is 19.1 Å². The van der Waals surface area contributed by atoms with Gasteiger partial charge in [0.15, 0.2) is 0 Å². The molecule has 7 nitrogen and oxygen atoms in total. The van der Waals surface area contributed by atoms with E-state index >= 15 is 0 Å². The third-order valence-electron chi connectivity index (χ3n) is 4.92. The van der Waals surface area contributed by atoms with Gasteiger partial charge in [0.2, 0.25) is 0 Å². The summed E-state index contributed by atoms with van der Waals surface area (Å²) in [6.07, 6.45) is 5.29. The number of pyridine rings is 1. The summed E-state index contributed by atoms with van der Waals surface area (Å²) in [6.45, 7) is 10.7. The molecule has 1 N–H and O–H groups in total. The summed E-state index contributed by atoms with van der Waals surface area (Å²) in [5, 5.41) is 1.04. The van der Waals surface area contributed by atoms with Gasteiger partial charge in [-0.2, -0.15) is 0 Å². The number of likely N-dealkylation sites (tertiary alicyclic amines) is 1. The molecule has 1 amide bonds. The molecule has 0 unspecified atom stereocenters. The van der Waals surface area contributed by atoms with Crippen LogP contribution in [0.2, 0.25) is 0 Å². The number of fused-ring (bicyclic) bond motifs is 1. The third-order valence-corrected chi connectivity index (χ3v) is 4.92. The molecule has 1 saturated heterocycles. The lowest BCUT2D eigenvalue weighted by atomic mass is 9.89. The van der Waals surface area contributed by atoms with Crippen LogP contribution in [0.4, 0.5) is 4.79 Å². The van der Waals surface area contributed by atoms with E-state index in [4.69, 9.17) is 9.47 Å². The van der Waals surface area contributed by atoms with E-state index in [0.717, 1.165) is 29.4 Å². The lowest BCUT2D eigenvalue weighted by Gasteiger charge is -2.33. The molecule has 0 aliphatic carbocycles. The Morgan fingerprint density at radius 1 is 1.28 bits per heavy atom. The first kappa shape index (κ1) is 21.1. The molecule has 0 atom stereocenters. The molecule has 7 heteroatoms. The van der Waals surface area contributed by atoms with E-state index in [1.165, 1.54) is 5.56 Å². The quantitative estimate of drug-likeness (QED) is 0.777. The van der Waals surface area contributed by atoms with Gasteiger partial charge in [0.1, 0.15) is 11.2 Å². The molecule has 0 spiro atoms. The van der Waals surface area contributed by atoms with Crippen LogP contribution in [-0.4, -0.2) is 51.7 Å². The number of nitrogens with one attached hydrogen (secondary N) is 1. The maximum atomic E-state index is 12.3. The minimum Gasteiger partial charge on any atom is -0.463 e. The highest BCUT2D eigenvalue weighted by molar-refractivity contribution is 5.82. The summed E-state index contributed by atoms with van der Waals surface area (Å²) in [7, 11) is 0. The largest absolute Gasteiger partial charge is 0.463 e. The number of piperidine rings is 1. The molecular formula is C22H31N3O4. The fourth-order valence-corrected chi connectivity index (χ4v) is 3.67. The van der Waals surface area contributed by atoms with E-state index < -0.39 is 5.60 Å². The van der Waals surface area contributed by atoms with E-state index in [1.54, 1.807) is 11.1 Å². The molecule has 0 radical (unpaired) electrons. The van der Waals surface area contributed by atoms with Gasteiger partial charge in [0, 0.05) is 30.9 Å². The zero-order valence-electron chi connectivity index (χ0n) is 17.9. The Morgan fingerprint density at radius 2 is 1.97 bits per heavy atom. The molecule has 0 saturated carbocycles. The molecule has 0 aromatic carbocycles. The average Bonchev–Trinajstić information content (AvgIpc) is 3.03. The van der Waals surface area contributed by atoms with Crippen molar-refractivity contribution in [3.8, 4) is 0 Å². The number of nitrogens with zero attached hydrogens (tertiary/aromatic N) is 2. The highest BCUT2D eigenvalue weighted by atomic mass is 16.6. The Balaban J connectivity index is 1.68. The standard InChI is InChI=1S/C22H31N3O4/c1-14(2)28-19(26)11-15-10-17-18(13-24-20(17)23-12-15)16-6-8-25(9-7-16)21(27)29-22(3,4)5/h10,12-14,16H,6-9,11H2,1-5H3,(H,23,24). The molecule has 1 aliphatic rings. The van der Waals surface area contributed by atoms with Gasteiger partial charge < -0.3 is 19.4 Å². The van der Waals surface area contributed by atoms with Crippen LogP contribution < -0.4 is 0 Å². The van der Waals surface area contributed by atoms with Gasteiger partial charge in [0.25, 0.3) is 0 Å². The Morgan fingerprint density at radius 3 is 2.59 bits per heavy atom. The minimum absolute atomic E-state index is 0.128. The average molecular weight is 402 g/mol. The van der Waals surface area contributed by atoms with Crippen LogP contribution in [-0.2, 0) is 20.7 Å². The molecule has 158 valence electrons. The summed E-state index contributed by atoms with van der Waals surface area (Å²) in [5.74, 6) is 0.0889. The van der Waals surface area contributed by atoms with Crippen LogP contribution >= 0.6 is 0 Å². The van der Waals surface area contributed by atoms with Crippen LogP contribution in [0.1, 0.15) is 64.5 Å². The van der Waals surface area contributed by atoms with Crippen molar-refractivity contribution in [2.45, 2.75) is 71.5 Å². The van der Waals surface area contributed by atoms with Gasteiger partial charge in [-0.05, 0) is 70.6 Å². The number of ether oxygens (including phenoxy) is 2. The highest BCUT2D eigenvalue weighted by Crippen LogP contribution is 2.33. The Labute approximate surface area is 171 Å². The van der Waals surface area contributed by atoms with Crippen molar-refractivity contribution in [3.63, 3.8) is 0 Å². The molecule has 1 aliphatic heterocycles. The van der Waals surface area contributed by atoms with Gasteiger partial charge in [-0.3, -0.25) is 4.79 Å². The molecular weight excluding hydrogens is 370 g/mol. The second-order valence-corrected chi connectivity index (χ2v) is 8.94. The molecule has 2 aromatic heterocycles. The maximum absolute atomic E-state index is 12.3. The highest BCUT2D eigenvalue weighted by Gasteiger charge is 2.28. The summed E-state index contributed by atoms with van der Waals surface area (Å²) >= 11 is 0. The lowest BCUT2D eigenvalue weighted by Crippen LogP contribution is -2.41. The normalized spacial score (nSPS) is 15.7. The van der Waals surface area contributed by atoms with Gasteiger partial charge in [0.05, 0.1) is 12.5 Å². The van der Waals surface area contributed by atoms with Crippen molar-refractivity contribution >= 4 is 23.1 Å². The molecule has 29 heavy (non-hydrogen) atoms. The number of H-pyrrole nitrogens is 1. The Hall–Kier alpha value is -2.57. The van der Waals surface area contributed by atoms with Crippen LogP contribution in [0.3, 0.4) is 0 Å². The molecule has 3 rings (SSSR count). The number of aromatic amines is 1. The van der Waals surface area contributed by atoms with Gasteiger partial charge in [-0.15, -0.1) is 0 Å². The van der Waals surface area contributed by atoms with Gasteiger partial charge in [-0.25, -0.2) is 9.78 Å². The van der Waals surface area contributed by atoms with Gasteiger partial charge >= 0.3 is 12.1 Å². The van der Waals surface area contributed by atoms with Crippen LogP contribution in [0.5, 0.6) is 0 Å². The minimum atomic E-state index is -0.483. The SMILES string of the molecule is CC(C)OC(=O)Cc1cnc2[nH]cc(C3CCN(C(=O)OC(C)(C)C)CC3)c2c1. The lowest BCUT2D eigenvalue weighted by molar-refractivity contribution is -0.146. The number of esters is 1. The predicted molar refractivity (Wildman–Crippen MR) is 111 cm³/mol. The summed E-state index contributed by atoms with van der Waals surface area (Å²) in [5.41, 5.74) is 2.37.